The van der Waals surface area contributed by atoms with Gasteiger partial charge in [0.25, 0.3) is 0 Å². The molecule has 1 aliphatic heterocycles. The molecule has 84 valence electrons. The molecule has 1 aromatic rings. The molecule has 1 aliphatic rings. The van der Waals surface area contributed by atoms with Crippen LogP contribution >= 0.6 is 27.3 Å². The van der Waals surface area contributed by atoms with Crippen molar-refractivity contribution >= 4 is 27.3 Å². The molecule has 4 heteroatoms. The molecular weight excluding hydrogens is 274 g/mol. The van der Waals surface area contributed by atoms with Gasteiger partial charge in [-0.2, -0.15) is 0 Å². The number of nitrogens with zero attached hydrogens (tertiary/aromatic N) is 1. The van der Waals surface area contributed by atoms with E-state index >= 15 is 0 Å². The number of thiophene rings is 1. The molecule has 0 unspecified atom stereocenters. The fraction of sp³-hybridized carbons (Fsp3) is 0.636. The van der Waals surface area contributed by atoms with Gasteiger partial charge >= 0.3 is 0 Å². The first-order valence-electron chi connectivity index (χ1n) is 5.15. The summed E-state index contributed by atoms with van der Waals surface area (Å²) in [6.07, 6.45) is 0. The van der Waals surface area contributed by atoms with Gasteiger partial charge in [0.05, 0.1) is 12.2 Å². The van der Waals surface area contributed by atoms with Gasteiger partial charge in [-0.25, -0.2) is 0 Å². The van der Waals surface area contributed by atoms with Crippen molar-refractivity contribution in [3.63, 3.8) is 0 Å². The number of morpholine rings is 1. The number of rotatable bonds is 2. The summed E-state index contributed by atoms with van der Waals surface area (Å²) in [6.45, 7) is 8.23. The van der Waals surface area contributed by atoms with Gasteiger partial charge in [-0.3, -0.25) is 4.90 Å². The van der Waals surface area contributed by atoms with Gasteiger partial charge < -0.3 is 4.74 Å². The van der Waals surface area contributed by atoms with Crippen molar-refractivity contribution in [3.05, 3.63) is 20.8 Å². The first-order chi connectivity index (χ1) is 7.07. The van der Waals surface area contributed by atoms with E-state index in [2.05, 4.69) is 46.1 Å². The number of halogens is 1. The number of hydrogen-bond acceptors (Lipinski definition) is 3. The van der Waals surface area contributed by atoms with E-state index in [4.69, 9.17) is 4.74 Å². The average Bonchev–Trinajstić information content (AvgIpc) is 2.50. The van der Waals surface area contributed by atoms with Crippen LogP contribution in [-0.2, 0) is 11.3 Å². The van der Waals surface area contributed by atoms with Crippen LogP contribution in [0.15, 0.2) is 15.9 Å². The predicted octanol–water partition coefficient (Wildman–Crippen LogP) is 3.12. The van der Waals surface area contributed by atoms with Gasteiger partial charge in [0.15, 0.2) is 0 Å². The van der Waals surface area contributed by atoms with Crippen molar-refractivity contribution in [3.8, 4) is 0 Å². The molecule has 1 saturated heterocycles. The molecule has 2 nitrogen and oxygen atoms in total. The third-order valence-corrected chi connectivity index (χ3v) is 4.47. The van der Waals surface area contributed by atoms with Gasteiger partial charge in [-0.05, 0) is 41.2 Å². The summed E-state index contributed by atoms with van der Waals surface area (Å²) >= 11 is 5.39. The molecule has 0 saturated carbocycles. The van der Waals surface area contributed by atoms with E-state index in [9.17, 15) is 0 Å². The lowest BCUT2D eigenvalue weighted by Gasteiger charge is -2.38. The largest absolute Gasteiger partial charge is 0.373 e. The Morgan fingerprint density at radius 1 is 1.60 bits per heavy atom. The first kappa shape index (κ1) is 11.6. The lowest BCUT2D eigenvalue weighted by Crippen LogP contribution is -2.47. The summed E-state index contributed by atoms with van der Waals surface area (Å²) in [6, 6.07) is 2.12. The quantitative estimate of drug-likeness (QED) is 0.830. The first-order valence-corrected chi connectivity index (χ1v) is 6.82. The second-order valence-corrected chi connectivity index (χ2v) is 6.37. The molecule has 2 rings (SSSR count). The molecule has 0 amide bonds. The second-order valence-electron chi connectivity index (χ2n) is 4.51. The van der Waals surface area contributed by atoms with Crippen molar-refractivity contribution in [2.45, 2.75) is 26.0 Å². The molecule has 15 heavy (non-hydrogen) atoms. The standard InChI is InChI=1S/C11H16BrNOS/c1-11(2)8-13(4-5-14-11)7-10-9(12)3-6-15-10/h3,6H,4-5,7-8H2,1-2H3. The van der Waals surface area contributed by atoms with Crippen LogP contribution in [0.1, 0.15) is 18.7 Å². The van der Waals surface area contributed by atoms with Gasteiger partial charge in [0.2, 0.25) is 0 Å². The Morgan fingerprint density at radius 2 is 2.40 bits per heavy atom. The van der Waals surface area contributed by atoms with Crippen molar-refractivity contribution in [1.82, 2.24) is 4.90 Å². The van der Waals surface area contributed by atoms with Crippen molar-refractivity contribution in [2.75, 3.05) is 19.7 Å². The highest BCUT2D eigenvalue weighted by molar-refractivity contribution is 9.10. The minimum atomic E-state index is 0.00197. The van der Waals surface area contributed by atoms with Crippen LogP contribution in [0.4, 0.5) is 0 Å². The Morgan fingerprint density at radius 3 is 3.00 bits per heavy atom. The molecule has 0 spiro atoms. The van der Waals surface area contributed by atoms with Crippen LogP contribution < -0.4 is 0 Å². The van der Waals surface area contributed by atoms with Gasteiger partial charge in [0, 0.05) is 29.0 Å². The SMILES string of the molecule is CC1(C)CN(Cc2sccc2Br)CCO1. The maximum atomic E-state index is 5.69. The molecule has 0 bridgehead atoms. The maximum absolute atomic E-state index is 5.69. The van der Waals surface area contributed by atoms with Crippen LogP contribution in [0.5, 0.6) is 0 Å². The molecule has 0 atom stereocenters. The molecule has 0 aromatic carbocycles. The van der Waals surface area contributed by atoms with Crippen molar-refractivity contribution < 1.29 is 4.74 Å². The summed E-state index contributed by atoms with van der Waals surface area (Å²) in [4.78, 5) is 3.87. The number of hydrogen-bond donors (Lipinski definition) is 0. The highest BCUT2D eigenvalue weighted by Crippen LogP contribution is 2.26. The van der Waals surface area contributed by atoms with Gasteiger partial charge in [-0.15, -0.1) is 11.3 Å². The molecular formula is C11H16BrNOS. The Balaban J connectivity index is 1.98. The normalized spacial score (nSPS) is 21.8. The van der Waals surface area contributed by atoms with E-state index in [0.717, 1.165) is 26.2 Å². The minimum Gasteiger partial charge on any atom is -0.373 e. The second kappa shape index (κ2) is 4.53. The van der Waals surface area contributed by atoms with Crippen LogP contribution in [0.3, 0.4) is 0 Å². The zero-order chi connectivity index (χ0) is 10.9. The Kier molecular flexibility index (Phi) is 3.50. The van der Waals surface area contributed by atoms with Crippen molar-refractivity contribution in [2.24, 2.45) is 0 Å². The molecule has 2 heterocycles. The van der Waals surface area contributed by atoms with E-state index in [0.29, 0.717) is 0 Å². The average molecular weight is 290 g/mol. The van der Waals surface area contributed by atoms with Crippen LogP contribution in [0, 0.1) is 0 Å². The van der Waals surface area contributed by atoms with Crippen molar-refractivity contribution in [1.29, 1.82) is 0 Å². The zero-order valence-corrected chi connectivity index (χ0v) is 11.5. The van der Waals surface area contributed by atoms with E-state index < -0.39 is 0 Å². The molecule has 0 aliphatic carbocycles. The fourth-order valence-electron chi connectivity index (χ4n) is 1.89. The fourth-order valence-corrected chi connectivity index (χ4v) is 3.41. The summed E-state index contributed by atoms with van der Waals surface area (Å²) in [5, 5.41) is 2.13. The van der Waals surface area contributed by atoms with E-state index in [1.165, 1.54) is 9.35 Å². The molecule has 1 aromatic heterocycles. The molecule has 0 radical (unpaired) electrons. The Bertz CT molecular complexity index is 337. The third kappa shape index (κ3) is 3.03. The lowest BCUT2D eigenvalue weighted by atomic mass is 10.1. The highest BCUT2D eigenvalue weighted by Gasteiger charge is 2.27. The topological polar surface area (TPSA) is 12.5 Å². The maximum Gasteiger partial charge on any atom is 0.0753 e. The molecule has 0 N–H and O–H groups in total. The van der Waals surface area contributed by atoms with Gasteiger partial charge in [-0.1, -0.05) is 0 Å². The lowest BCUT2D eigenvalue weighted by molar-refractivity contribution is -0.0880. The zero-order valence-electron chi connectivity index (χ0n) is 9.12. The van der Waals surface area contributed by atoms with E-state index in [1.54, 1.807) is 0 Å². The highest BCUT2D eigenvalue weighted by atomic mass is 79.9. The van der Waals surface area contributed by atoms with E-state index in [1.807, 2.05) is 11.3 Å². The van der Waals surface area contributed by atoms with Crippen LogP contribution in [0.25, 0.3) is 0 Å². The Hall–Kier alpha value is 0.1000. The summed E-state index contributed by atoms with van der Waals surface area (Å²) in [5.41, 5.74) is 0.00197. The smallest absolute Gasteiger partial charge is 0.0753 e. The van der Waals surface area contributed by atoms with E-state index in [-0.39, 0.29) is 5.60 Å². The summed E-state index contributed by atoms with van der Waals surface area (Å²) in [5.74, 6) is 0. The number of ether oxygens (including phenoxy) is 1. The van der Waals surface area contributed by atoms with Crippen LogP contribution in [-0.4, -0.2) is 30.2 Å². The third-order valence-electron chi connectivity index (χ3n) is 2.56. The van der Waals surface area contributed by atoms with Gasteiger partial charge in [0.1, 0.15) is 0 Å². The Labute approximate surface area is 103 Å². The predicted molar refractivity (Wildman–Crippen MR) is 67.3 cm³/mol. The summed E-state index contributed by atoms with van der Waals surface area (Å²) < 4.78 is 6.93. The monoisotopic (exact) mass is 289 g/mol. The molecule has 1 fully saturated rings. The minimum absolute atomic E-state index is 0.00197. The van der Waals surface area contributed by atoms with Crippen LogP contribution in [0.2, 0.25) is 0 Å². The summed E-state index contributed by atoms with van der Waals surface area (Å²) in [7, 11) is 0.